The molecule has 0 aromatic heterocycles. The lowest BCUT2D eigenvalue weighted by Crippen LogP contribution is -2.13. The highest BCUT2D eigenvalue weighted by Gasteiger charge is 2.07. The fourth-order valence-corrected chi connectivity index (χ4v) is 2.98. The van der Waals surface area contributed by atoms with Crippen molar-refractivity contribution in [2.24, 2.45) is 5.92 Å². The van der Waals surface area contributed by atoms with Gasteiger partial charge in [0, 0.05) is 6.42 Å². The summed E-state index contributed by atoms with van der Waals surface area (Å²) < 4.78 is 5.23. The standard InChI is InChI=1S/C23H44O4/c1-3-4-5-6-7-8-9-10-11-12-13-14-15-16-17-18-23(24)26-21-22(2)19-20-27-25/h10-11,22,25H,3-9,12-21H2,1-2H3/b11-10-. The van der Waals surface area contributed by atoms with Gasteiger partial charge in [0.15, 0.2) is 0 Å². The molecule has 0 amide bonds. The van der Waals surface area contributed by atoms with Crippen LogP contribution in [0.4, 0.5) is 0 Å². The lowest BCUT2D eigenvalue weighted by Gasteiger charge is -2.10. The van der Waals surface area contributed by atoms with Crippen LogP contribution in [-0.4, -0.2) is 24.4 Å². The van der Waals surface area contributed by atoms with E-state index in [1.807, 2.05) is 6.92 Å². The van der Waals surface area contributed by atoms with Crippen LogP contribution in [0.5, 0.6) is 0 Å². The summed E-state index contributed by atoms with van der Waals surface area (Å²) in [5.74, 6) is 0.111. The van der Waals surface area contributed by atoms with E-state index in [9.17, 15) is 4.79 Å². The predicted molar refractivity (Wildman–Crippen MR) is 113 cm³/mol. The normalized spacial score (nSPS) is 12.6. The summed E-state index contributed by atoms with van der Waals surface area (Å²) in [6.07, 6.45) is 22.3. The highest BCUT2D eigenvalue weighted by Crippen LogP contribution is 2.11. The largest absolute Gasteiger partial charge is 0.465 e. The second-order valence-corrected chi connectivity index (χ2v) is 7.74. The van der Waals surface area contributed by atoms with E-state index in [0.717, 1.165) is 12.8 Å². The van der Waals surface area contributed by atoms with Crippen LogP contribution in [0.3, 0.4) is 0 Å². The summed E-state index contributed by atoms with van der Waals surface area (Å²) in [5, 5.41) is 8.28. The molecule has 1 unspecified atom stereocenters. The van der Waals surface area contributed by atoms with Crippen molar-refractivity contribution in [1.29, 1.82) is 0 Å². The fourth-order valence-electron chi connectivity index (χ4n) is 2.98. The minimum atomic E-state index is -0.107. The third-order valence-electron chi connectivity index (χ3n) is 4.87. The first-order chi connectivity index (χ1) is 13.2. The number of unbranched alkanes of at least 4 members (excludes halogenated alkanes) is 11. The van der Waals surface area contributed by atoms with E-state index in [4.69, 9.17) is 9.99 Å². The van der Waals surface area contributed by atoms with Crippen LogP contribution in [0.15, 0.2) is 12.2 Å². The van der Waals surface area contributed by atoms with Crippen molar-refractivity contribution in [2.45, 2.75) is 110 Å². The zero-order valence-electron chi connectivity index (χ0n) is 17.9. The molecule has 0 aromatic rings. The first-order valence-corrected chi connectivity index (χ1v) is 11.3. The topological polar surface area (TPSA) is 55.8 Å². The maximum absolute atomic E-state index is 11.6. The van der Waals surface area contributed by atoms with Gasteiger partial charge in [-0.25, -0.2) is 4.89 Å². The Hall–Kier alpha value is -0.870. The van der Waals surface area contributed by atoms with Gasteiger partial charge in [0.1, 0.15) is 0 Å². The number of hydrogen-bond donors (Lipinski definition) is 1. The van der Waals surface area contributed by atoms with Gasteiger partial charge in [-0.2, -0.15) is 0 Å². The molecule has 0 aliphatic carbocycles. The van der Waals surface area contributed by atoms with Gasteiger partial charge >= 0.3 is 5.97 Å². The van der Waals surface area contributed by atoms with E-state index in [-0.39, 0.29) is 18.5 Å². The number of carbonyl (C=O) groups excluding carboxylic acids is 1. The molecule has 0 radical (unpaired) electrons. The third-order valence-corrected chi connectivity index (χ3v) is 4.87. The molecular formula is C23H44O4. The number of allylic oxidation sites excluding steroid dienone is 2. The molecule has 4 heteroatoms. The Kier molecular flexibility index (Phi) is 20.7. The number of hydrogen-bond acceptors (Lipinski definition) is 4. The van der Waals surface area contributed by atoms with Crippen LogP contribution in [-0.2, 0) is 14.4 Å². The average molecular weight is 385 g/mol. The first-order valence-electron chi connectivity index (χ1n) is 11.3. The number of esters is 1. The third kappa shape index (κ3) is 21.3. The summed E-state index contributed by atoms with van der Waals surface area (Å²) in [7, 11) is 0. The van der Waals surface area contributed by atoms with Crippen LogP contribution >= 0.6 is 0 Å². The van der Waals surface area contributed by atoms with E-state index in [0.29, 0.717) is 19.4 Å². The second kappa shape index (κ2) is 21.4. The monoisotopic (exact) mass is 384 g/mol. The van der Waals surface area contributed by atoms with Crippen LogP contribution in [0.25, 0.3) is 0 Å². The molecule has 160 valence electrons. The fraction of sp³-hybridized carbons (Fsp3) is 0.870. The van der Waals surface area contributed by atoms with Crippen molar-refractivity contribution in [3.63, 3.8) is 0 Å². The molecule has 0 spiro atoms. The van der Waals surface area contributed by atoms with Crippen molar-refractivity contribution >= 4 is 5.97 Å². The molecule has 1 atom stereocenters. The molecule has 4 nitrogen and oxygen atoms in total. The minimum absolute atomic E-state index is 0.107. The molecule has 27 heavy (non-hydrogen) atoms. The quantitative estimate of drug-likeness (QED) is 0.0800. The maximum atomic E-state index is 11.6. The SMILES string of the molecule is CCCCCCCC/C=C\CCCCCCCC(=O)OCC(C)CCOO. The highest BCUT2D eigenvalue weighted by molar-refractivity contribution is 5.69. The molecule has 0 saturated carbocycles. The molecule has 0 rings (SSSR count). The number of carbonyl (C=O) groups is 1. The summed E-state index contributed by atoms with van der Waals surface area (Å²) in [5.41, 5.74) is 0. The van der Waals surface area contributed by atoms with Gasteiger partial charge in [0.2, 0.25) is 0 Å². The Morgan fingerprint density at radius 1 is 0.889 bits per heavy atom. The van der Waals surface area contributed by atoms with E-state index in [1.54, 1.807) is 0 Å². The lowest BCUT2D eigenvalue weighted by atomic mass is 10.1. The molecule has 1 N–H and O–H groups in total. The van der Waals surface area contributed by atoms with Crippen LogP contribution in [0.2, 0.25) is 0 Å². The second-order valence-electron chi connectivity index (χ2n) is 7.74. The zero-order valence-corrected chi connectivity index (χ0v) is 17.9. The summed E-state index contributed by atoms with van der Waals surface area (Å²) in [6, 6.07) is 0. The van der Waals surface area contributed by atoms with Crippen molar-refractivity contribution < 1.29 is 19.7 Å². The van der Waals surface area contributed by atoms with Gasteiger partial charge in [0.05, 0.1) is 13.2 Å². The molecular weight excluding hydrogens is 340 g/mol. The predicted octanol–water partition coefficient (Wildman–Crippen LogP) is 7.08. The molecule has 0 bridgehead atoms. The molecule has 0 aliphatic rings. The van der Waals surface area contributed by atoms with Gasteiger partial charge in [-0.1, -0.05) is 77.4 Å². The zero-order chi connectivity index (χ0) is 20.0. The van der Waals surface area contributed by atoms with E-state index in [2.05, 4.69) is 24.0 Å². The van der Waals surface area contributed by atoms with Gasteiger partial charge in [-0.3, -0.25) is 10.1 Å². The minimum Gasteiger partial charge on any atom is -0.465 e. The van der Waals surface area contributed by atoms with Crippen molar-refractivity contribution in [2.75, 3.05) is 13.2 Å². The van der Waals surface area contributed by atoms with E-state index < -0.39 is 0 Å². The van der Waals surface area contributed by atoms with E-state index in [1.165, 1.54) is 70.6 Å². The Morgan fingerprint density at radius 2 is 1.44 bits per heavy atom. The van der Waals surface area contributed by atoms with Gasteiger partial charge in [-0.05, 0) is 44.4 Å². The molecule has 0 aliphatic heterocycles. The van der Waals surface area contributed by atoms with E-state index >= 15 is 0 Å². The molecule has 0 heterocycles. The maximum Gasteiger partial charge on any atom is 0.305 e. The summed E-state index contributed by atoms with van der Waals surface area (Å²) >= 11 is 0. The average Bonchev–Trinajstić information content (AvgIpc) is 2.67. The first kappa shape index (κ1) is 26.1. The highest BCUT2D eigenvalue weighted by atomic mass is 17.1. The Bertz CT molecular complexity index is 341. The van der Waals surface area contributed by atoms with Crippen molar-refractivity contribution in [3.8, 4) is 0 Å². The Labute approximate surface area is 167 Å². The smallest absolute Gasteiger partial charge is 0.305 e. The number of rotatable bonds is 20. The number of ether oxygens (including phenoxy) is 1. The molecule has 0 fully saturated rings. The van der Waals surface area contributed by atoms with Crippen LogP contribution in [0, 0.1) is 5.92 Å². The summed E-state index contributed by atoms with van der Waals surface area (Å²) in [6.45, 7) is 4.94. The Balaban J connectivity index is 3.27. The molecule has 0 saturated heterocycles. The van der Waals surface area contributed by atoms with Crippen LogP contribution < -0.4 is 0 Å². The molecule has 0 aromatic carbocycles. The Morgan fingerprint density at radius 3 is 2.04 bits per heavy atom. The van der Waals surface area contributed by atoms with Gasteiger partial charge in [-0.15, -0.1) is 0 Å². The van der Waals surface area contributed by atoms with Gasteiger partial charge < -0.3 is 4.74 Å². The van der Waals surface area contributed by atoms with Gasteiger partial charge in [0.25, 0.3) is 0 Å². The summed E-state index contributed by atoms with van der Waals surface area (Å²) in [4.78, 5) is 15.7. The van der Waals surface area contributed by atoms with Crippen molar-refractivity contribution in [3.05, 3.63) is 12.2 Å². The van der Waals surface area contributed by atoms with Crippen molar-refractivity contribution in [1.82, 2.24) is 0 Å². The lowest BCUT2D eigenvalue weighted by molar-refractivity contribution is -0.244. The van der Waals surface area contributed by atoms with Crippen LogP contribution in [0.1, 0.15) is 110 Å².